The Morgan fingerprint density at radius 2 is 1.84 bits per heavy atom. The summed E-state index contributed by atoms with van der Waals surface area (Å²) in [5.74, 6) is 1.14. The summed E-state index contributed by atoms with van der Waals surface area (Å²) in [7, 11) is 0. The molecule has 0 atom stereocenters. The van der Waals surface area contributed by atoms with E-state index in [4.69, 9.17) is 20.8 Å². The summed E-state index contributed by atoms with van der Waals surface area (Å²) < 4.78 is 11.4. The Labute approximate surface area is 184 Å². The molecule has 0 aliphatic carbocycles. The quantitative estimate of drug-likeness (QED) is 0.413. The number of nitrogens with zero attached hydrogens (tertiary/aromatic N) is 2. The lowest BCUT2D eigenvalue weighted by atomic mass is 10.1. The molecule has 0 spiro atoms. The predicted octanol–water partition coefficient (Wildman–Crippen LogP) is 5.84. The molecule has 1 amide bonds. The van der Waals surface area contributed by atoms with E-state index in [1.54, 1.807) is 36.4 Å². The average Bonchev–Trinajstić information content (AvgIpc) is 3.22. The highest BCUT2D eigenvalue weighted by molar-refractivity contribution is 6.30. The van der Waals surface area contributed by atoms with Crippen molar-refractivity contribution < 1.29 is 13.9 Å². The minimum atomic E-state index is -0.167. The van der Waals surface area contributed by atoms with Gasteiger partial charge in [-0.2, -0.15) is 0 Å². The number of ether oxygens (including phenoxy) is 1. The Kier molecular flexibility index (Phi) is 6.00. The van der Waals surface area contributed by atoms with Crippen molar-refractivity contribution in [2.45, 2.75) is 20.5 Å². The number of carbonyl (C=O) groups is 1. The van der Waals surface area contributed by atoms with Gasteiger partial charge in [-0.3, -0.25) is 4.79 Å². The third-order valence-electron chi connectivity index (χ3n) is 4.64. The summed E-state index contributed by atoms with van der Waals surface area (Å²) in [6.07, 6.45) is 0. The number of aromatic nitrogens is 2. The second-order valence-corrected chi connectivity index (χ2v) is 7.53. The van der Waals surface area contributed by atoms with Gasteiger partial charge in [0.05, 0.1) is 0 Å². The van der Waals surface area contributed by atoms with Crippen LogP contribution in [0.1, 0.15) is 27.4 Å². The van der Waals surface area contributed by atoms with Gasteiger partial charge in [-0.1, -0.05) is 35.4 Å². The molecule has 31 heavy (non-hydrogen) atoms. The Morgan fingerprint density at radius 1 is 1.03 bits per heavy atom. The molecule has 0 aliphatic rings. The topological polar surface area (TPSA) is 77.2 Å². The van der Waals surface area contributed by atoms with Crippen LogP contribution >= 0.6 is 11.6 Å². The van der Waals surface area contributed by atoms with Crippen LogP contribution in [0.25, 0.3) is 11.5 Å². The molecular weight excluding hydrogens is 414 g/mol. The van der Waals surface area contributed by atoms with Crippen molar-refractivity contribution in [3.8, 4) is 17.2 Å². The van der Waals surface area contributed by atoms with Gasteiger partial charge in [-0.05, 0) is 61.9 Å². The van der Waals surface area contributed by atoms with Crippen LogP contribution in [0.3, 0.4) is 0 Å². The standard InChI is InChI=1S/C24H20ClN3O3/c1-15-6-11-21(16(2)12-15)23(29)26-19-4-3-5-20(13-19)30-14-22-27-28-24(31-22)17-7-9-18(25)10-8-17/h3-13H,14H2,1-2H3,(H,26,29). The first-order chi connectivity index (χ1) is 15.0. The first-order valence-corrected chi connectivity index (χ1v) is 10.1. The van der Waals surface area contributed by atoms with Gasteiger partial charge in [-0.15, -0.1) is 10.2 Å². The molecule has 0 saturated carbocycles. The summed E-state index contributed by atoms with van der Waals surface area (Å²) in [5, 5.41) is 11.6. The van der Waals surface area contributed by atoms with E-state index in [1.807, 2.05) is 44.2 Å². The van der Waals surface area contributed by atoms with E-state index in [1.165, 1.54) is 0 Å². The zero-order chi connectivity index (χ0) is 21.8. The maximum atomic E-state index is 12.6. The Morgan fingerprint density at radius 3 is 2.61 bits per heavy atom. The second kappa shape index (κ2) is 9.02. The van der Waals surface area contributed by atoms with E-state index in [-0.39, 0.29) is 12.5 Å². The maximum Gasteiger partial charge on any atom is 0.255 e. The zero-order valence-electron chi connectivity index (χ0n) is 17.1. The van der Waals surface area contributed by atoms with E-state index in [0.717, 1.165) is 16.7 Å². The normalized spacial score (nSPS) is 10.7. The van der Waals surface area contributed by atoms with Gasteiger partial charge in [0.25, 0.3) is 11.8 Å². The molecule has 4 aromatic rings. The summed E-state index contributed by atoms with van der Waals surface area (Å²) in [5.41, 5.74) is 4.09. The van der Waals surface area contributed by atoms with Gasteiger partial charge in [-0.25, -0.2) is 0 Å². The number of benzene rings is 3. The molecule has 1 heterocycles. The third kappa shape index (κ3) is 5.10. The van der Waals surface area contributed by atoms with Gasteiger partial charge in [0.15, 0.2) is 6.61 Å². The molecule has 0 fully saturated rings. The van der Waals surface area contributed by atoms with E-state index in [0.29, 0.717) is 33.8 Å². The van der Waals surface area contributed by atoms with Gasteiger partial charge in [0.1, 0.15) is 5.75 Å². The lowest BCUT2D eigenvalue weighted by Gasteiger charge is -2.10. The summed E-state index contributed by atoms with van der Waals surface area (Å²) in [4.78, 5) is 12.6. The molecule has 6 nitrogen and oxygen atoms in total. The fraction of sp³-hybridized carbons (Fsp3) is 0.125. The highest BCUT2D eigenvalue weighted by Crippen LogP contribution is 2.22. The third-order valence-corrected chi connectivity index (χ3v) is 4.89. The molecule has 0 aliphatic heterocycles. The van der Waals surface area contributed by atoms with Crippen molar-refractivity contribution in [1.29, 1.82) is 0 Å². The van der Waals surface area contributed by atoms with Crippen molar-refractivity contribution in [1.82, 2.24) is 10.2 Å². The number of nitrogens with one attached hydrogen (secondary N) is 1. The summed E-state index contributed by atoms with van der Waals surface area (Å²) in [6, 6.07) is 20.0. The van der Waals surface area contributed by atoms with Gasteiger partial charge < -0.3 is 14.5 Å². The van der Waals surface area contributed by atoms with Crippen molar-refractivity contribution in [3.05, 3.63) is 94.3 Å². The molecule has 1 aromatic heterocycles. The highest BCUT2D eigenvalue weighted by atomic mass is 35.5. The van der Waals surface area contributed by atoms with E-state index in [9.17, 15) is 4.79 Å². The van der Waals surface area contributed by atoms with Crippen LogP contribution < -0.4 is 10.1 Å². The molecule has 0 radical (unpaired) electrons. The van der Waals surface area contributed by atoms with Crippen molar-refractivity contribution in [2.75, 3.05) is 5.32 Å². The van der Waals surface area contributed by atoms with Gasteiger partial charge in [0.2, 0.25) is 5.89 Å². The average molecular weight is 434 g/mol. The number of hydrogen-bond acceptors (Lipinski definition) is 5. The Bertz CT molecular complexity index is 1220. The Balaban J connectivity index is 1.40. The maximum absolute atomic E-state index is 12.6. The summed E-state index contributed by atoms with van der Waals surface area (Å²) in [6.45, 7) is 4.02. The molecule has 0 saturated heterocycles. The first kappa shape index (κ1) is 20.6. The number of halogens is 1. The number of carbonyl (C=O) groups excluding carboxylic acids is 1. The molecule has 1 N–H and O–H groups in total. The van der Waals surface area contributed by atoms with E-state index in [2.05, 4.69) is 15.5 Å². The monoisotopic (exact) mass is 433 g/mol. The predicted molar refractivity (Wildman–Crippen MR) is 119 cm³/mol. The smallest absolute Gasteiger partial charge is 0.255 e. The number of amides is 1. The molecule has 0 unspecified atom stereocenters. The van der Waals surface area contributed by atoms with Crippen LogP contribution in [-0.2, 0) is 6.61 Å². The fourth-order valence-electron chi connectivity index (χ4n) is 3.10. The second-order valence-electron chi connectivity index (χ2n) is 7.10. The molecule has 3 aromatic carbocycles. The number of anilines is 1. The van der Waals surface area contributed by atoms with Crippen LogP contribution in [0.5, 0.6) is 5.75 Å². The van der Waals surface area contributed by atoms with E-state index >= 15 is 0 Å². The van der Waals surface area contributed by atoms with Crippen LogP contribution in [0, 0.1) is 13.8 Å². The molecule has 156 valence electrons. The van der Waals surface area contributed by atoms with Gasteiger partial charge in [0, 0.05) is 27.9 Å². The Hall–Kier alpha value is -3.64. The van der Waals surface area contributed by atoms with Crippen molar-refractivity contribution in [2.24, 2.45) is 0 Å². The zero-order valence-corrected chi connectivity index (χ0v) is 17.8. The number of aryl methyl sites for hydroxylation is 2. The minimum absolute atomic E-state index is 0.106. The summed E-state index contributed by atoms with van der Waals surface area (Å²) >= 11 is 5.90. The fourth-order valence-corrected chi connectivity index (χ4v) is 3.22. The number of hydrogen-bond donors (Lipinski definition) is 1. The molecule has 4 rings (SSSR count). The first-order valence-electron chi connectivity index (χ1n) is 9.68. The van der Waals surface area contributed by atoms with Gasteiger partial charge >= 0.3 is 0 Å². The lowest BCUT2D eigenvalue weighted by molar-refractivity contribution is 0.102. The van der Waals surface area contributed by atoms with Crippen LogP contribution in [0.15, 0.2) is 71.1 Å². The van der Waals surface area contributed by atoms with E-state index < -0.39 is 0 Å². The molecular formula is C24H20ClN3O3. The van der Waals surface area contributed by atoms with Crippen LogP contribution in [-0.4, -0.2) is 16.1 Å². The largest absolute Gasteiger partial charge is 0.484 e. The molecule has 0 bridgehead atoms. The minimum Gasteiger partial charge on any atom is -0.484 e. The van der Waals surface area contributed by atoms with Crippen molar-refractivity contribution in [3.63, 3.8) is 0 Å². The van der Waals surface area contributed by atoms with Crippen LogP contribution in [0.2, 0.25) is 5.02 Å². The number of rotatable bonds is 6. The SMILES string of the molecule is Cc1ccc(C(=O)Nc2cccc(OCc3nnc(-c4ccc(Cl)cc4)o3)c2)c(C)c1. The van der Waals surface area contributed by atoms with Crippen LogP contribution in [0.4, 0.5) is 5.69 Å². The van der Waals surface area contributed by atoms with Crippen molar-refractivity contribution >= 4 is 23.2 Å². The molecule has 7 heteroatoms. The highest BCUT2D eigenvalue weighted by Gasteiger charge is 2.11. The lowest BCUT2D eigenvalue weighted by Crippen LogP contribution is -2.13.